The molecule has 0 aromatic heterocycles. The fraction of sp³-hybridized carbons (Fsp3) is 0.625. The highest BCUT2D eigenvalue weighted by Gasteiger charge is 2.18. The molecule has 18 heavy (non-hydrogen) atoms. The zero-order chi connectivity index (χ0) is 12.8. The summed E-state index contributed by atoms with van der Waals surface area (Å²) in [5, 5.41) is 3.90. The van der Waals surface area contributed by atoms with Gasteiger partial charge in [-0.3, -0.25) is 0 Å². The second kappa shape index (κ2) is 7.16. The molecule has 2 atom stereocenters. The van der Waals surface area contributed by atoms with Crippen molar-refractivity contribution in [3.8, 4) is 0 Å². The summed E-state index contributed by atoms with van der Waals surface area (Å²) in [7, 11) is 0. The third-order valence-electron chi connectivity index (χ3n) is 3.84. The van der Waals surface area contributed by atoms with Gasteiger partial charge in [0.05, 0.1) is 0 Å². The molecule has 1 nitrogen and oxygen atoms in total. The Kier molecular flexibility index (Phi) is 5.52. The Morgan fingerprint density at radius 2 is 2.22 bits per heavy atom. The van der Waals surface area contributed by atoms with Gasteiger partial charge < -0.3 is 5.32 Å². The van der Waals surface area contributed by atoms with E-state index in [0.29, 0.717) is 11.3 Å². The average Bonchev–Trinajstić information content (AvgIpc) is 2.38. The predicted molar refractivity (Wildman–Crippen MR) is 79.5 cm³/mol. The molecule has 1 aromatic rings. The molecule has 0 amide bonds. The van der Waals surface area contributed by atoms with E-state index in [1.165, 1.54) is 25.7 Å². The van der Waals surface area contributed by atoms with Crippen LogP contribution in [0.25, 0.3) is 0 Å². The van der Waals surface area contributed by atoms with Gasteiger partial charge in [-0.1, -0.05) is 24.3 Å². The lowest BCUT2D eigenvalue weighted by atomic mass is 9.83. The Morgan fingerprint density at radius 1 is 1.39 bits per heavy atom. The maximum Gasteiger partial charge on any atom is 0.0308 e. The summed E-state index contributed by atoms with van der Waals surface area (Å²) in [6.07, 6.45) is 6.21. The maximum absolute atomic E-state index is 5.94. The molecule has 0 saturated heterocycles. The van der Waals surface area contributed by atoms with Crippen LogP contribution in [0.15, 0.2) is 24.3 Å². The molecular formula is C16H24ClN. The van der Waals surface area contributed by atoms with E-state index < -0.39 is 0 Å². The predicted octanol–water partition coefficient (Wildman–Crippen LogP) is 4.10. The number of nitrogens with one attached hydrogen (secondary N) is 1. The normalized spacial score (nSPS) is 20.4. The molecule has 100 valence electrons. The van der Waals surface area contributed by atoms with Crippen LogP contribution in [0.1, 0.15) is 49.7 Å². The van der Waals surface area contributed by atoms with Gasteiger partial charge >= 0.3 is 0 Å². The second-order valence-corrected chi connectivity index (χ2v) is 6.16. The zero-order valence-electron chi connectivity index (χ0n) is 11.3. The van der Waals surface area contributed by atoms with Crippen LogP contribution in [-0.4, -0.2) is 18.5 Å². The van der Waals surface area contributed by atoms with Crippen LogP contribution in [0.2, 0.25) is 0 Å². The van der Waals surface area contributed by atoms with E-state index in [1.807, 2.05) is 0 Å². The first kappa shape index (κ1) is 13.9. The highest BCUT2D eigenvalue weighted by atomic mass is 35.5. The number of hydrogen-bond donors (Lipinski definition) is 1. The van der Waals surface area contributed by atoms with E-state index in [4.69, 9.17) is 11.6 Å². The molecular weight excluding hydrogens is 242 g/mol. The van der Waals surface area contributed by atoms with E-state index in [2.05, 4.69) is 36.5 Å². The summed E-state index contributed by atoms with van der Waals surface area (Å²) < 4.78 is 0. The lowest BCUT2D eigenvalue weighted by molar-refractivity contribution is 0.499. The first-order chi connectivity index (χ1) is 8.77. The Morgan fingerprint density at radius 3 is 3.06 bits per heavy atom. The Bertz CT molecular complexity index is 362. The topological polar surface area (TPSA) is 12.0 Å². The van der Waals surface area contributed by atoms with Crippen LogP contribution in [0, 0.1) is 0 Å². The Labute approximate surface area is 116 Å². The summed E-state index contributed by atoms with van der Waals surface area (Å²) in [6, 6.07) is 8.93. The summed E-state index contributed by atoms with van der Waals surface area (Å²) >= 11 is 5.94. The van der Waals surface area contributed by atoms with E-state index >= 15 is 0 Å². The maximum atomic E-state index is 5.94. The third-order valence-corrected chi connectivity index (χ3v) is 4.06. The van der Waals surface area contributed by atoms with Crippen molar-refractivity contribution in [3.63, 3.8) is 0 Å². The van der Waals surface area contributed by atoms with Crippen LogP contribution in [-0.2, 0) is 6.42 Å². The molecule has 1 aromatic carbocycles. The van der Waals surface area contributed by atoms with Crippen molar-refractivity contribution >= 4 is 11.6 Å². The SMILES string of the molecule is CC(Cl)CCCNCC1CCCc2ccccc21. The number of aryl methyl sites for hydroxylation is 1. The van der Waals surface area contributed by atoms with Crippen LogP contribution < -0.4 is 5.32 Å². The van der Waals surface area contributed by atoms with Crippen molar-refractivity contribution in [2.75, 3.05) is 13.1 Å². The third kappa shape index (κ3) is 4.00. The van der Waals surface area contributed by atoms with Gasteiger partial charge in [0.2, 0.25) is 0 Å². The van der Waals surface area contributed by atoms with Gasteiger partial charge in [0, 0.05) is 11.9 Å². The van der Waals surface area contributed by atoms with Crippen LogP contribution in [0.3, 0.4) is 0 Å². The van der Waals surface area contributed by atoms with E-state index in [-0.39, 0.29) is 0 Å². The van der Waals surface area contributed by atoms with Gasteiger partial charge in [0.15, 0.2) is 0 Å². The fourth-order valence-electron chi connectivity index (χ4n) is 2.85. The number of halogens is 1. The summed E-state index contributed by atoms with van der Waals surface area (Å²) in [5.41, 5.74) is 3.13. The molecule has 0 heterocycles. The van der Waals surface area contributed by atoms with E-state index in [1.54, 1.807) is 11.1 Å². The van der Waals surface area contributed by atoms with Gasteiger partial charge in [-0.05, 0) is 62.6 Å². The van der Waals surface area contributed by atoms with Crippen molar-refractivity contribution in [3.05, 3.63) is 35.4 Å². The van der Waals surface area contributed by atoms with Crippen LogP contribution in [0.5, 0.6) is 0 Å². The summed E-state index contributed by atoms with van der Waals surface area (Å²) in [5.74, 6) is 0.711. The van der Waals surface area contributed by atoms with Crippen LogP contribution >= 0.6 is 11.6 Å². The number of rotatable bonds is 6. The summed E-state index contributed by atoms with van der Waals surface area (Å²) in [4.78, 5) is 0. The lowest BCUT2D eigenvalue weighted by Gasteiger charge is -2.25. The largest absolute Gasteiger partial charge is 0.316 e. The highest BCUT2D eigenvalue weighted by Crippen LogP contribution is 2.30. The van der Waals surface area contributed by atoms with Gasteiger partial charge in [0.25, 0.3) is 0 Å². The first-order valence-corrected chi connectivity index (χ1v) is 7.63. The Balaban J connectivity index is 1.77. The fourth-order valence-corrected chi connectivity index (χ4v) is 3.01. The van der Waals surface area contributed by atoms with Crippen molar-refractivity contribution in [2.45, 2.75) is 50.3 Å². The average molecular weight is 266 g/mol. The minimum Gasteiger partial charge on any atom is -0.316 e. The number of fused-ring (bicyclic) bond motifs is 1. The van der Waals surface area contributed by atoms with Gasteiger partial charge in [-0.2, -0.15) is 0 Å². The zero-order valence-corrected chi connectivity index (χ0v) is 12.0. The van der Waals surface area contributed by atoms with Crippen molar-refractivity contribution < 1.29 is 0 Å². The summed E-state index contributed by atoms with van der Waals surface area (Å²) in [6.45, 7) is 4.28. The van der Waals surface area contributed by atoms with Crippen molar-refractivity contribution in [1.29, 1.82) is 0 Å². The van der Waals surface area contributed by atoms with Gasteiger partial charge in [0.1, 0.15) is 0 Å². The molecule has 0 fully saturated rings. The Hall–Kier alpha value is -0.530. The number of hydrogen-bond acceptors (Lipinski definition) is 1. The van der Waals surface area contributed by atoms with Gasteiger partial charge in [-0.25, -0.2) is 0 Å². The molecule has 2 rings (SSSR count). The number of benzene rings is 1. The molecule has 0 saturated carbocycles. The number of alkyl halides is 1. The molecule has 0 bridgehead atoms. The second-order valence-electron chi connectivity index (χ2n) is 5.42. The molecule has 2 unspecified atom stereocenters. The van der Waals surface area contributed by atoms with Crippen LogP contribution in [0.4, 0.5) is 0 Å². The molecule has 1 aliphatic rings. The lowest BCUT2D eigenvalue weighted by Crippen LogP contribution is -2.25. The molecule has 2 heteroatoms. The quantitative estimate of drug-likeness (QED) is 0.603. The molecule has 0 radical (unpaired) electrons. The minimum absolute atomic E-state index is 0.308. The standard InChI is InChI=1S/C16H24ClN/c1-13(17)6-5-11-18-12-15-9-4-8-14-7-2-3-10-16(14)15/h2-3,7,10,13,15,18H,4-6,8-9,11-12H2,1H3. The molecule has 1 aliphatic carbocycles. The molecule has 0 spiro atoms. The monoisotopic (exact) mass is 265 g/mol. The molecule has 0 aliphatic heterocycles. The van der Waals surface area contributed by atoms with Gasteiger partial charge in [-0.15, -0.1) is 11.6 Å². The smallest absolute Gasteiger partial charge is 0.0308 e. The minimum atomic E-state index is 0.308. The van der Waals surface area contributed by atoms with Crippen molar-refractivity contribution in [2.24, 2.45) is 0 Å². The van der Waals surface area contributed by atoms with E-state index in [0.717, 1.165) is 19.5 Å². The molecule has 1 N–H and O–H groups in total. The van der Waals surface area contributed by atoms with E-state index in [9.17, 15) is 0 Å². The van der Waals surface area contributed by atoms with Crippen molar-refractivity contribution in [1.82, 2.24) is 5.32 Å². The highest BCUT2D eigenvalue weighted by molar-refractivity contribution is 6.20. The first-order valence-electron chi connectivity index (χ1n) is 7.20.